The number of aromatic nitrogens is 2. The van der Waals surface area contributed by atoms with Crippen LogP contribution in [-0.4, -0.2) is 46.9 Å². The van der Waals surface area contributed by atoms with Gasteiger partial charge in [0.2, 0.25) is 0 Å². The summed E-state index contributed by atoms with van der Waals surface area (Å²) in [4.78, 5) is 16.7. The van der Waals surface area contributed by atoms with E-state index in [4.69, 9.17) is 16.1 Å². The van der Waals surface area contributed by atoms with Crippen molar-refractivity contribution < 1.29 is 17.7 Å². The predicted molar refractivity (Wildman–Crippen MR) is 109 cm³/mol. The first-order valence-corrected chi connectivity index (χ1v) is 12.2. The van der Waals surface area contributed by atoms with Gasteiger partial charge < -0.3 is 9.84 Å². The van der Waals surface area contributed by atoms with E-state index in [9.17, 15) is 13.2 Å². The van der Waals surface area contributed by atoms with Crippen LogP contribution >= 0.6 is 11.6 Å². The summed E-state index contributed by atoms with van der Waals surface area (Å²) in [5.41, 5.74) is 0.294. The summed E-state index contributed by atoms with van der Waals surface area (Å²) in [6.07, 6.45) is 7.17. The zero-order valence-corrected chi connectivity index (χ0v) is 17.9. The minimum absolute atomic E-state index is 0.0153. The molecule has 0 radical (unpaired) electrons. The van der Waals surface area contributed by atoms with Crippen molar-refractivity contribution in [2.45, 2.75) is 74.0 Å². The van der Waals surface area contributed by atoms with E-state index in [1.807, 2.05) is 0 Å². The highest BCUT2D eigenvalue weighted by atomic mass is 35.5. The molecular weight excluding hydrogens is 428 g/mol. The minimum atomic E-state index is -3.72. The average molecular weight is 451 g/mol. The highest BCUT2D eigenvalue weighted by molar-refractivity contribution is 7.89. The molecule has 2 aromatic heterocycles. The summed E-state index contributed by atoms with van der Waals surface area (Å²) >= 11 is 5.86. The van der Waals surface area contributed by atoms with Gasteiger partial charge in [-0.1, -0.05) is 23.2 Å². The number of nitrogens with zero attached hydrogens (tertiary/aromatic N) is 3. The molecule has 2 saturated heterocycles. The molecule has 3 fully saturated rings. The van der Waals surface area contributed by atoms with Crippen LogP contribution in [-0.2, 0) is 10.0 Å². The van der Waals surface area contributed by atoms with Crippen LogP contribution in [0.25, 0.3) is 0 Å². The van der Waals surface area contributed by atoms with Gasteiger partial charge >= 0.3 is 0 Å². The fourth-order valence-electron chi connectivity index (χ4n) is 4.69. The summed E-state index contributed by atoms with van der Waals surface area (Å²) in [5, 5.41) is 7.36. The first-order valence-electron chi connectivity index (χ1n) is 10.3. The Balaban J connectivity index is 1.30. The van der Waals surface area contributed by atoms with Crippen LogP contribution in [0.2, 0.25) is 5.02 Å². The Morgan fingerprint density at radius 1 is 1.17 bits per heavy atom. The molecule has 30 heavy (non-hydrogen) atoms. The van der Waals surface area contributed by atoms with Gasteiger partial charge in [-0.25, -0.2) is 13.4 Å². The lowest BCUT2D eigenvalue weighted by Gasteiger charge is -2.47. The second-order valence-corrected chi connectivity index (χ2v) is 10.6. The van der Waals surface area contributed by atoms with E-state index in [1.54, 1.807) is 10.4 Å². The van der Waals surface area contributed by atoms with Crippen LogP contribution in [0.4, 0.5) is 0 Å². The lowest BCUT2D eigenvalue weighted by Crippen LogP contribution is -2.58. The molecule has 0 spiro atoms. The van der Waals surface area contributed by atoms with E-state index >= 15 is 0 Å². The van der Waals surface area contributed by atoms with Crippen LogP contribution < -0.4 is 5.32 Å². The molecule has 2 aromatic rings. The minimum Gasteiger partial charge on any atom is -0.360 e. The average Bonchev–Trinajstić information content (AvgIpc) is 3.44. The van der Waals surface area contributed by atoms with Crippen molar-refractivity contribution in [3.8, 4) is 0 Å². The van der Waals surface area contributed by atoms with Gasteiger partial charge in [-0.15, -0.1) is 0 Å². The van der Waals surface area contributed by atoms with Gasteiger partial charge in [0.15, 0.2) is 10.7 Å². The summed E-state index contributed by atoms with van der Waals surface area (Å²) in [5.74, 6) is 0.908. The SMILES string of the molecule is O=C(NC1CC2CCC[C@H](C1)N2S(=O)(=O)c1ccc(Cl)cn1)c1cc(C2CC2)on1. The van der Waals surface area contributed by atoms with Crippen molar-refractivity contribution in [3.63, 3.8) is 0 Å². The van der Waals surface area contributed by atoms with Crippen molar-refractivity contribution in [1.29, 1.82) is 0 Å². The molecule has 2 bridgehead atoms. The second-order valence-electron chi connectivity index (χ2n) is 8.42. The molecule has 10 heteroatoms. The first kappa shape index (κ1) is 20.0. The molecule has 160 valence electrons. The quantitative estimate of drug-likeness (QED) is 0.750. The van der Waals surface area contributed by atoms with Crippen molar-refractivity contribution >= 4 is 27.5 Å². The number of pyridine rings is 1. The maximum atomic E-state index is 13.2. The second kappa shape index (κ2) is 7.62. The molecule has 1 amide bonds. The molecule has 4 heterocycles. The number of hydrogen-bond donors (Lipinski definition) is 1. The van der Waals surface area contributed by atoms with Crippen LogP contribution in [0.5, 0.6) is 0 Å². The zero-order chi connectivity index (χ0) is 20.9. The fourth-order valence-corrected chi connectivity index (χ4v) is 6.61. The maximum absolute atomic E-state index is 13.2. The molecule has 2 aliphatic heterocycles. The van der Waals surface area contributed by atoms with Crippen LogP contribution in [0, 0.1) is 0 Å². The molecule has 0 aromatic carbocycles. The third-order valence-electron chi connectivity index (χ3n) is 6.23. The molecular formula is C20H23ClN4O4S. The third kappa shape index (κ3) is 3.74. The third-order valence-corrected chi connectivity index (χ3v) is 8.37. The van der Waals surface area contributed by atoms with Gasteiger partial charge in [-0.3, -0.25) is 4.79 Å². The number of fused-ring (bicyclic) bond motifs is 2. The molecule has 8 nitrogen and oxygen atoms in total. The number of carbonyl (C=O) groups is 1. The number of halogens is 1. The van der Waals surface area contributed by atoms with E-state index < -0.39 is 10.0 Å². The van der Waals surface area contributed by atoms with Crippen molar-refractivity contribution in [3.05, 3.63) is 40.9 Å². The van der Waals surface area contributed by atoms with Crippen LogP contribution in [0.15, 0.2) is 33.9 Å². The molecule has 1 aliphatic carbocycles. The van der Waals surface area contributed by atoms with E-state index in [0.29, 0.717) is 29.5 Å². The smallest absolute Gasteiger partial charge is 0.273 e. The zero-order valence-electron chi connectivity index (χ0n) is 16.3. The Kier molecular flexibility index (Phi) is 5.07. The Morgan fingerprint density at radius 2 is 1.90 bits per heavy atom. The predicted octanol–water partition coefficient (Wildman–Crippen LogP) is 3.10. The fraction of sp³-hybridized carbons (Fsp3) is 0.550. The number of amides is 1. The Morgan fingerprint density at radius 3 is 2.53 bits per heavy atom. The Hall–Kier alpha value is -1.97. The van der Waals surface area contributed by atoms with Gasteiger partial charge in [0, 0.05) is 36.3 Å². The number of rotatable bonds is 5. The van der Waals surface area contributed by atoms with E-state index in [-0.39, 0.29) is 29.1 Å². The molecule has 1 saturated carbocycles. The monoisotopic (exact) mass is 450 g/mol. The normalized spacial score (nSPS) is 27.0. The number of sulfonamides is 1. The van der Waals surface area contributed by atoms with Crippen molar-refractivity contribution in [2.24, 2.45) is 0 Å². The van der Waals surface area contributed by atoms with Gasteiger partial charge in [0.25, 0.3) is 15.9 Å². The van der Waals surface area contributed by atoms with E-state index in [0.717, 1.165) is 37.9 Å². The summed E-state index contributed by atoms with van der Waals surface area (Å²) in [6, 6.07) is 4.29. The molecule has 1 N–H and O–H groups in total. The van der Waals surface area contributed by atoms with Gasteiger partial charge in [-0.05, 0) is 50.7 Å². The van der Waals surface area contributed by atoms with Gasteiger partial charge in [0.1, 0.15) is 5.76 Å². The van der Waals surface area contributed by atoms with Crippen LogP contribution in [0.3, 0.4) is 0 Å². The largest absolute Gasteiger partial charge is 0.360 e. The Bertz CT molecular complexity index is 1040. The maximum Gasteiger partial charge on any atom is 0.273 e. The highest BCUT2D eigenvalue weighted by Gasteiger charge is 2.46. The van der Waals surface area contributed by atoms with Crippen LogP contribution in [0.1, 0.15) is 67.1 Å². The molecule has 3 atom stereocenters. The van der Waals surface area contributed by atoms with Crippen molar-refractivity contribution in [1.82, 2.24) is 19.8 Å². The number of nitrogens with one attached hydrogen (secondary N) is 1. The molecule has 5 rings (SSSR count). The molecule has 2 unspecified atom stereocenters. The van der Waals surface area contributed by atoms with E-state index in [2.05, 4.69) is 15.5 Å². The first-order chi connectivity index (χ1) is 14.4. The standard InChI is InChI=1S/C20H23ClN4O4S/c21-13-6-7-19(22-11-13)30(27,28)25-15-2-1-3-16(25)9-14(8-15)23-20(26)17-10-18(29-24-17)12-4-5-12/h6-7,10-12,14-16H,1-5,8-9H2,(H,23,26)/t14?,15-,16?/m1/s1. The summed E-state index contributed by atoms with van der Waals surface area (Å²) in [6.45, 7) is 0. The number of piperidine rings is 2. The topological polar surface area (TPSA) is 105 Å². The lowest BCUT2D eigenvalue weighted by atomic mass is 9.84. The van der Waals surface area contributed by atoms with Gasteiger partial charge in [-0.2, -0.15) is 4.31 Å². The van der Waals surface area contributed by atoms with Gasteiger partial charge in [0.05, 0.1) is 5.02 Å². The van der Waals surface area contributed by atoms with E-state index in [1.165, 1.54) is 18.3 Å². The summed E-state index contributed by atoms with van der Waals surface area (Å²) < 4.78 is 33.4. The summed E-state index contributed by atoms with van der Waals surface area (Å²) in [7, 11) is -3.72. The Labute approximate surface area is 180 Å². The highest BCUT2D eigenvalue weighted by Crippen LogP contribution is 2.40. The lowest BCUT2D eigenvalue weighted by molar-refractivity contribution is 0.0789. The number of hydrogen-bond acceptors (Lipinski definition) is 6. The van der Waals surface area contributed by atoms with Crippen molar-refractivity contribution in [2.75, 3.05) is 0 Å². The number of carbonyl (C=O) groups excluding carboxylic acids is 1. The molecule has 3 aliphatic rings.